The summed E-state index contributed by atoms with van der Waals surface area (Å²) < 4.78 is 0. The highest BCUT2D eigenvalue weighted by Crippen LogP contribution is 2.16. The van der Waals surface area contributed by atoms with Gasteiger partial charge in [0.25, 0.3) is 0 Å². The number of carboxylic acids is 1. The quantitative estimate of drug-likeness (QED) is 0.813. The third kappa shape index (κ3) is 4.87. The highest BCUT2D eigenvalue weighted by Gasteiger charge is 2.09. The molecule has 7 heteroatoms. The first-order valence-electron chi connectivity index (χ1n) is 4.62. The van der Waals surface area contributed by atoms with E-state index in [-0.39, 0.29) is 15.9 Å². The molecule has 94 valence electrons. The average molecular weight is 306 g/mol. The number of nitrogens with zero attached hydrogens (tertiary/aromatic N) is 2. The van der Waals surface area contributed by atoms with Crippen LogP contribution in [0.1, 0.15) is 10.5 Å². The van der Waals surface area contributed by atoms with Crippen LogP contribution in [0.2, 0.25) is 15.3 Å². The predicted molar refractivity (Wildman–Crippen MR) is 70.5 cm³/mol. The largest absolute Gasteiger partial charge is 0.476 e. The molecular formula is C11H7Cl3N2O2. The molecule has 0 bridgehead atoms. The van der Waals surface area contributed by atoms with Gasteiger partial charge in [0, 0.05) is 6.20 Å². The van der Waals surface area contributed by atoms with Crippen LogP contribution >= 0.6 is 34.8 Å². The molecule has 0 aromatic carbocycles. The summed E-state index contributed by atoms with van der Waals surface area (Å²) in [5, 5.41) is 9.23. The van der Waals surface area contributed by atoms with Gasteiger partial charge in [-0.25, -0.2) is 14.8 Å². The van der Waals surface area contributed by atoms with Crippen molar-refractivity contribution >= 4 is 40.8 Å². The van der Waals surface area contributed by atoms with E-state index in [0.29, 0.717) is 5.15 Å². The fourth-order valence-electron chi connectivity index (χ4n) is 0.910. The number of halogens is 3. The van der Waals surface area contributed by atoms with E-state index in [4.69, 9.17) is 39.9 Å². The van der Waals surface area contributed by atoms with E-state index in [0.717, 1.165) is 0 Å². The van der Waals surface area contributed by atoms with Crippen molar-refractivity contribution < 1.29 is 9.90 Å². The summed E-state index contributed by atoms with van der Waals surface area (Å²) in [4.78, 5) is 17.6. The Labute approximate surface area is 118 Å². The van der Waals surface area contributed by atoms with Crippen molar-refractivity contribution in [1.29, 1.82) is 0 Å². The van der Waals surface area contributed by atoms with Crippen LogP contribution in [0.5, 0.6) is 0 Å². The average Bonchev–Trinajstić information content (AvgIpc) is 2.34. The third-order valence-corrected chi connectivity index (χ3v) is 2.38. The zero-order chi connectivity index (χ0) is 13.5. The third-order valence-electron chi connectivity index (χ3n) is 1.64. The second-order valence-electron chi connectivity index (χ2n) is 2.92. The molecule has 0 amide bonds. The van der Waals surface area contributed by atoms with E-state index < -0.39 is 5.97 Å². The minimum absolute atomic E-state index is 0.0851. The number of aromatic carboxylic acids is 1. The maximum atomic E-state index is 10.4. The fraction of sp³-hybridized carbons (Fsp3) is 0. The molecule has 0 saturated heterocycles. The van der Waals surface area contributed by atoms with E-state index in [2.05, 4.69) is 9.97 Å². The van der Waals surface area contributed by atoms with E-state index in [1.165, 1.54) is 12.1 Å². The molecule has 2 aromatic heterocycles. The van der Waals surface area contributed by atoms with Gasteiger partial charge < -0.3 is 5.11 Å². The number of rotatable bonds is 1. The molecule has 0 spiro atoms. The van der Waals surface area contributed by atoms with Crippen LogP contribution in [0.25, 0.3) is 0 Å². The first-order chi connectivity index (χ1) is 8.50. The first kappa shape index (κ1) is 14.7. The van der Waals surface area contributed by atoms with Gasteiger partial charge in [-0.1, -0.05) is 40.9 Å². The molecule has 1 N–H and O–H groups in total. The summed E-state index contributed by atoms with van der Waals surface area (Å²) in [5.74, 6) is -1.18. The number of pyridine rings is 2. The summed E-state index contributed by atoms with van der Waals surface area (Å²) in [5.41, 5.74) is -0.223. The van der Waals surface area contributed by atoms with Gasteiger partial charge in [-0.2, -0.15) is 0 Å². The number of hydrogen-bond donors (Lipinski definition) is 1. The van der Waals surface area contributed by atoms with E-state index >= 15 is 0 Å². The van der Waals surface area contributed by atoms with Gasteiger partial charge >= 0.3 is 5.97 Å². The molecule has 0 radical (unpaired) electrons. The van der Waals surface area contributed by atoms with Gasteiger partial charge in [-0.3, -0.25) is 0 Å². The van der Waals surface area contributed by atoms with Gasteiger partial charge in [0.05, 0.1) is 5.02 Å². The highest BCUT2D eigenvalue weighted by atomic mass is 35.5. The molecule has 0 aliphatic carbocycles. The van der Waals surface area contributed by atoms with Crippen LogP contribution in [0, 0.1) is 0 Å². The Morgan fingerprint density at radius 3 is 2.17 bits per heavy atom. The Hall–Kier alpha value is -1.36. The Kier molecular flexibility index (Phi) is 5.85. The van der Waals surface area contributed by atoms with Crippen molar-refractivity contribution in [3.8, 4) is 0 Å². The molecule has 0 atom stereocenters. The Balaban J connectivity index is 0.000000199. The Morgan fingerprint density at radius 1 is 1.06 bits per heavy atom. The normalized spacial score (nSPS) is 9.28. The van der Waals surface area contributed by atoms with Gasteiger partial charge in [-0.05, 0) is 24.3 Å². The number of carbonyl (C=O) groups is 1. The summed E-state index contributed by atoms with van der Waals surface area (Å²) in [6.07, 6.45) is 1.66. The van der Waals surface area contributed by atoms with E-state index in [9.17, 15) is 4.79 Å². The molecule has 0 aliphatic heterocycles. The SMILES string of the molecule is Clc1ccccn1.O=C(O)c1nc(Cl)ccc1Cl. The number of aromatic nitrogens is 2. The zero-order valence-corrected chi connectivity index (χ0v) is 11.1. The standard InChI is InChI=1S/C6H3Cl2NO2.C5H4ClN/c7-3-1-2-4(8)9-5(3)6(10)11;6-5-3-1-2-4-7-5/h1-2H,(H,10,11);1-4H. The van der Waals surface area contributed by atoms with Crippen molar-refractivity contribution in [2.24, 2.45) is 0 Å². The maximum absolute atomic E-state index is 10.4. The highest BCUT2D eigenvalue weighted by molar-refractivity contribution is 6.34. The summed E-state index contributed by atoms with van der Waals surface area (Å²) in [6.45, 7) is 0. The predicted octanol–water partition coefficient (Wildman–Crippen LogP) is 3.82. The van der Waals surface area contributed by atoms with Crippen LogP contribution in [0.15, 0.2) is 36.5 Å². The van der Waals surface area contributed by atoms with Crippen molar-refractivity contribution in [1.82, 2.24) is 9.97 Å². The van der Waals surface area contributed by atoms with Crippen molar-refractivity contribution in [2.75, 3.05) is 0 Å². The lowest BCUT2D eigenvalue weighted by Crippen LogP contribution is -2.00. The minimum Gasteiger partial charge on any atom is -0.476 e. The van der Waals surface area contributed by atoms with Crippen LogP contribution in [-0.2, 0) is 0 Å². The Bertz CT molecular complexity index is 535. The molecule has 4 nitrogen and oxygen atoms in total. The summed E-state index contributed by atoms with van der Waals surface area (Å²) in [7, 11) is 0. The molecule has 0 unspecified atom stereocenters. The first-order valence-corrected chi connectivity index (χ1v) is 5.76. The molecule has 2 heterocycles. The lowest BCUT2D eigenvalue weighted by Gasteiger charge is -1.96. The second-order valence-corrected chi connectivity index (χ2v) is 4.10. The topological polar surface area (TPSA) is 63.1 Å². The molecule has 0 fully saturated rings. The van der Waals surface area contributed by atoms with Crippen molar-refractivity contribution in [2.45, 2.75) is 0 Å². The summed E-state index contributed by atoms with van der Waals surface area (Å²) in [6, 6.07) is 8.22. The second kappa shape index (κ2) is 7.16. The van der Waals surface area contributed by atoms with E-state index in [1.807, 2.05) is 12.1 Å². The number of carboxylic acid groups (broad SMARTS) is 1. The van der Waals surface area contributed by atoms with E-state index in [1.54, 1.807) is 12.3 Å². The summed E-state index contributed by atoms with van der Waals surface area (Å²) >= 11 is 16.3. The lowest BCUT2D eigenvalue weighted by atomic mass is 10.3. The maximum Gasteiger partial charge on any atom is 0.356 e. The Morgan fingerprint density at radius 2 is 1.78 bits per heavy atom. The van der Waals surface area contributed by atoms with Crippen LogP contribution in [0.3, 0.4) is 0 Å². The van der Waals surface area contributed by atoms with Gasteiger partial charge in [-0.15, -0.1) is 0 Å². The fourth-order valence-corrected chi connectivity index (χ4v) is 1.37. The molecule has 0 aliphatic rings. The minimum atomic E-state index is -1.18. The molecule has 2 aromatic rings. The molecule has 2 rings (SSSR count). The van der Waals surface area contributed by atoms with Gasteiger partial charge in [0.2, 0.25) is 0 Å². The molecule has 18 heavy (non-hydrogen) atoms. The molecule has 0 saturated carbocycles. The zero-order valence-electron chi connectivity index (χ0n) is 8.85. The van der Waals surface area contributed by atoms with Crippen molar-refractivity contribution in [3.63, 3.8) is 0 Å². The van der Waals surface area contributed by atoms with Crippen LogP contribution < -0.4 is 0 Å². The molecular weight excluding hydrogens is 298 g/mol. The van der Waals surface area contributed by atoms with Gasteiger partial charge in [0.15, 0.2) is 5.69 Å². The number of hydrogen-bond acceptors (Lipinski definition) is 3. The van der Waals surface area contributed by atoms with Crippen LogP contribution in [0.4, 0.5) is 0 Å². The van der Waals surface area contributed by atoms with Gasteiger partial charge in [0.1, 0.15) is 10.3 Å². The lowest BCUT2D eigenvalue weighted by molar-refractivity contribution is 0.0690. The van der Waals surface area contributed by atoms with Crippen molar-refractivity contribution in [3.05, 3.63) is 57.6 Å². The van der Waals surface area contributed by atoms with Crippen LogP contribution in [-0.4, -0.2) is 21.0 Å². The smallest absolute Gasteiger partial charge is 0.356 e. The monoisotopic (exact) mass is 304 g/mol.